The monoisotopic (exact) mass is 298 g/mol. The van der Waals surface area contributed by atoms with Gasteiger partial charge < -0.3 is 10.2 Å². The molecule has 17 heavy (non-hydrogen) atoms. The second-order valence-corrected chi connectivity index (χ2v) is 4.75. The van der Waals surface area contributed by atoms with Crippen molar-refractivity contribution in [3.63, 3.8) is 0 Å². The Morgan fingerprint density at radius 3 is 2.35 bits per heavy atom. The molecule has 0 bridgehead atoms. The highest BCUT2D eigenvalue weighted by atomic mass is 79.9. The molecule has 1 aromatic carbocycles. The zero-order chi connectivity index (χ0) is 12.7. The molecule has 0 atom stereocenters. The van der Waals surface area contributed by atoms with Crippen molar-refractivity contribution in [2.24, 2.45) is 0 Å². The number of rotatable bonds is 5. The van der Waals surface area contributed by atoms with E-state index >= 15 is 0 Å². The van der Waals surface area contributed by atoms with Crippen LogP contribution in [-0.2, 0) is 0 Å². The summed E-state index contributed by atoms with van der Waals surface area (Å²) in [4.78, 5) is 13.9. The van der Waals surface area contributed by atoms with Crippen LogP contribution in [0.15, 0.2) is 28.7 Å². The standard InChI is InChI=1S/C13H19BrN2O/c1-3-9-16(10-4-2)13(17)15-12-8-6-5-7-11(12)14/h5-8H,3-4,9-10H2,1-2H3,(H,15,17). The molecule has 0 radical (unpaired) electrons. The molecule has 0 fully saturated rings. The van der Waals surface area contributed by atoms with Gasteiger partial charge in [0.2, 0.25) is 0 Å². The number of nitrogens with zero attached hydrogens (tertiary/aromatic N) is 1. The smallest absolute Gasteiger partial charge is 0.321 e. The van der Waals surface area contributed by atoms with Gasteiger partial charge in [-0.15, -0.1) is 0 Å². The van der Waals surface area contributed by atoms with E-state index in [2.05, 4.69) is 35.1 Å². The summed E-state index contributed by atoms with van der Waals surface area (Å²) in [6.45, 7) is 5.75. The van der Waals surface area contributed by atoms with Crippen molar-refractivity contribution < 1.29 is 4.79 Å². The van der Waals surface area contributed by atoms with Crippen molar-refractivity contribution in [2.75, 3.05) is 18.4 Å². The van der Waals surface area contributed by atoms with Gasteiger partial charge in [-0.1, -0.05) is 26.0 Å². The van der Waals surface area contributed by atoms with Crippen LogP contribution in [0.2, 0.25) is 0 Å². The molecule has 1 aromatic rings. The van der Waals surface area contributed by atoms with E-state index < -0.39 is 0 Å². The topological polar surface area (TPSA) is 32.3 Å². The van der Waals surface area contributed by atoms with Gasteiger partial charge in [-0.3, -0.25) is 0 Å². The summed E-state index contributed by atoms with van der Waals surface area (Å²) in [5.41, 5.74) is 0.815. The normalized spacial score (nSPS) is 10.1. The first kappa shape index (κ1) is 14.0. The predicted octanol–water partition coefficient (Wildman–Crippen LogP) is 4.10. The second kappa shape index (κ2) is 7.33. The van der Waals surface area contributed by atoms with Crippen LogP contribution in [0.4, 0.5) is 10.5 Å². The lowest BCUT2D eigenvalue weighted by Crippen LogP contribution is -2.36. The minimum atomic E-state index is -0.0272. The lowest BCUT2D eigenvalue weighted by Gasteiger charge is -2.22. The molecule has 0 aliphatic heterocycles. The molecule has 0 aliphatic carbocycles. The van der Waals surface area contributed by atoms with Gasteiger partial charge in [0, 0.05) is 17.6 Å². The van der Waals surface area contributed by atoms with Crippen molar-refractivity contribution in [1.82, 2.24) is 4.90 Å². The maximum Gasteiger partial charge on any atom is 0.321 e. The molecule has 94 valence electrons. The Hall–Kier alpha value is -1.03. The van der Waals surface area contributed by atoms with E-state index in [0.717, 1.165) is 36.1 Å². The van der Waals surface area contributed by atoms with Crippen molar-refractivity contribution in [2.45, 2.75) is 26.7 Å². The number of carbonyl (C=O) groups excluding carboxylic acids is 1. The van der Waals surface area contributed by atoms with E-state index in [9.17, 15) is 4.79 Å². The van der Waals surface area contributed by atoms with E-state index in [0.29, 0.717) is 0 Å². The average molecular weight is 299 g/mol. The fraction of sp³-hybridized carbons (Fsp3) is 0.462. The van der Waals surface area contributed by atoms with E-state index in [-0.39, 0.29) is 6.03 Å². The zero-order valence-electron chi connectivity index (χ0n) is 10.4. The quantitative estimate of drug-likeness (QED) is 0.872. The van der Waals surface area contributed by atoms with Crippen LogP contribution in [0.5, 0.6) is 0 Å². The van der Waals surface area contributed by atoms with Crippen molar-refractivity contribution in [1.29, 1.82) is 0 Å². The molecule has 3 nitrogen and oxygen atoms in total. The third-order valence-corrected chi connectivity index (χ3v) is 3.08. The van der Waals surface area contributed by atoms with Crippen LogP contribution in [0.3, 0.4) is 0 Å². The van der Waals surface area contributed by atoms with Crippen molar-refractivity contribution in [3.8, 4) is 0 Å². The Labute approximate surface area is 111 Å². The number of hydrogen-bond acceptors (Lipinski definition) is 1. The highest BCUT2D eigenvalue weighted by Gasteiger charge is 2.12. The van der Waals surface area contributed by atoms with Gasteiger partial charge in [0.1, 0.15) is 0 Å². The summed E-state index contributed by atoms with van der Waals surface area (Å²) < 4.78 is 0.904. The summed E-state index contributed by atoms with van der Waals surface area (Å²) in [7, 11) is 0. The van der Waals surface area contributed by atoms with Crippen LogP contribution in [0.1, 0.15) is 26.7 Å². The minimum Gasteiger partial charge on any atom is -0.325 e. The fourth-order valence-electron chi connectivity index (χ4n) is 1.61. The number of hydrogen-bond donors (Lipinski definition) is 1. The van der Waals surface area contributed by atoms with Crippen molar-refractivity contribution >= 4 is 27.6 Å². The van der Waals surface area contributed by atoms with Gasteiger partial charge in [-0.25, -0.2) is 4.79 Å². The predicted molar refractivity (Wildman–Crippen MR) is 75.3 cm³/mol. The van der Waals surface area contributed by atoms with E-state index in [1.807, 2.05) is 29.2 Å². The van der Waals surface area contributed by atoms with Gasteiger partial charge in [0.05, 0.1) is 5.69 Å². The molecule has 0 spiro atoms. The molecule has 0 heterocycles. The maximum absolute atomic E-state index is 12.0. The van der Waals surface area contributed by atoms with Gasteiger partial charge >= 0.3 is 6.03 Å². The van der Waals surface area contributed by atoms with Gasteiger partial charge in [0.15, 0.2) is 0 Å². The van der Waals surface area contributed by atoms with Crippen LogP contribution in [-0.4, -0.2) is 24.0 Å². The Morgan fingerprint density at radius 2 is 1.82 bits per heavy atom. The van der Waals surface area contributed by atoms with E-state index in [1.165, 1.54) is 0 Å². The van der Waals surface area contributed by atoms with Crippen molar-refractivity contribution in [3.05, 3.63) is 28.7 Å². The molecule has 2 amide bonds. The first-order valence-electron chi connectivity index (χ1n) is 5.99. The van der Waals surface area contributed by atoms with Crippen LogP contribution in [0.25, 0.3) is 0 Å². The molecule has 0 saturated heterocycles. The number of amides is 2. The van der Waals surface area contributed by atoms with Crippen LogP contribution >= 0.6 is 15.9 Å². The number of anilines is 1. The largest absolute Gasteiger partial charge is 0.325 e. The Kier molecular flexibility index (Phi) is 6.05. The Bertz CT molecular complexity index is 362. The van der Waals surface area contributed by atoms with E-state index in [1.54, 1.807) is 0 Å². The summed E-state index contributed by atoms with van der Waals surface area (Å²) in [5, 5.41) is 2.92. The Morgan fingerprint density at radius 1 is 1.24 bits per heavy atom. The molecule has 4 heteroatoms. The maximum atomic E-state index is 12.0. The van der Waals surface area contributed by atoms with Crippen LogP contribution in [0, 0.1) is 0 Å². The Balaban J connectivity index is 2.66. The lowest BCUT2D eigenvalue weighted by molar-refractivity contribution is 0.211. The summed E-state index contributed by atoms with van der Waals surface area (Å²) in [5.74, 6) is 0. The number of halogens is 1. The molecule has 0 aliphatic rings. The summed E-state index contributed by atoms with van der Waals surface area (Å²) >= 11 is 3.42. The molecule has 0 aromatic heterocycles. The van der Waals surface area contributed by atoms with Gasteiger partial charge in [0.25, 0.3) is 0 Å². The number of para-hydroxylation sites is 1. The minimum absolute atomic E-state index is 0.0272. The fourth-order valence-corrected chi connectivity index (χ4v) is 2.00. The number of urea groups is 1. The van der Waals surface area contributed by atoms with E-state index in [4.69, 9.17) is 0 Å². The number of nitrogens with one attached hydrogen (secondary N) is 1. The molecule has 1 N–H and O–H groups in total. The first-order chi connectivity index (χ1) is 8.19. The molecular formula is C13H19BrN2O. The average Bonchev–Trinajstić information content (AvgIpc) is 2.32. The zero-order valence-corrected chi connectivity index (χ0v) is 12.0. The summed E-state index contributed by atoms with van der Waals surface area (Å²) in [6.07, 6.45) is 1.95. The van der Waals surface area contributed by atoms with Gasteiger partial charge in [-0.05, 0) is 40.9 Å². The highest BCUT2D eigenvalue weighted by Crippen LogP contribution is 2.21. The number of benzene rings is 1. The summed E-state index contributed by atoms with van der Waals surface area (Å²) in [6, 6.07) is 7.61. The molecule has 1 rings (SSSR count). The second-order valence-electron chi connectivity index (χ2n) is 3.90. The number of carbonyl (C=O) groups is 1. The highest BCUT2D eigenvalue weighted by molar-refractivity contribution is 9.10. The third-order valence-electron chi connectivity index (χ3n) is 2.39. The lowest BCUT2D eigenvalue weighted by atomic mass is 10.3. The first-order valence-corrected chi connectivity index (χ1v) is 6.78. The van der Waals surface area contributed by atoms with Gasteiger partial charge in [-0.2, -0.15) is 0 Å². The molecule has 0 saturated carbocycles. The molecular weight excluding hydrogens is 280 g/mol. The molecule has 0 unspecified atom stereocenters. The third kappa shape index (κ3) is 4.38. The van der Waals surface area contributed by atoms with Crippen LogP contribution < -0.4 is 5.32 Å². The SMILES string of the molecule is CCCN(CCC)C(=O)Nc1ccccc1Br.